The molecule has 0 unspecified atom stereocenters. The van der Waals surface area contributed by atoms with Crippen LogP contribution in [0.2, 0.25) is 0 Å². The molecule has 0 aliphatic rings. The number of nitrogens with one attached hydrogen (secondary N) is 1. The van der Waals surface area contributed by atoms with Crippen LogP contribution in [0, 0.1) is 13.8 Å². The summed E-state index contributed by atoms with van der Waals surface area (Å²) in [5.41, 5.74) is 6.05. The number of hydrogen-bond acceptors (Lipinski definition) is 2. The van der Waals surface area contributed by atoms with Crippen LogP contribution in [0.15, 0.2) is 22.7 Å². The molecule has 0 atom stereocenters. The molecule has 0 amide bonds. The molecule has 1 aromatic carbocycles. The second-order valence-electron chi connectivity index (χ2n) is 4.52. The molecular formula is C14H18BrN3. The van der Waals surface area contributed by atoms with Crippen LogP contribution in [-0.2, 0) is 13.6 Å². The predicted octanol–water partition coefficient (Wildman–Crippen LogP) is 3.19. The van der Waals surface area contributed by atoms with Crippen molar-refractivity contribution < 1.29 is 0 Å². The van der Waals surface area contributed by atoms with Crippen molar-refractivity contribution in [1.82, 2.24) is 15.1 Å². The minimum atomic E-state index is 0.818. The largest absolute Gasteiger partial charge is 0.314 e. The van der Waals surface area contributed by atoms with Crippen molar-refractivity contribution in [2.45, 2.75) is 20.4 Å². The molecular weight excluding hydrogens is 290 g/mol. The molecule has 3 nitrogen and oxygen atoms in total. The zero-order valence-electron chi connectivity index (χ0n) is 11.2. The molecule has 0 fully saturated rings. The number of hydrogen-bond donors (Lipinski definition) is 1. The van der Waals surface area contributed by atoms with Crippen LogP contribution in [0.1, 0.15) is 17.0 Å². The SMILES string of the molecule is CNCc1c(-c2cc(Br)ccc2C)c(C)nn1C. The van der Waals surface area contributed by atoms with Gasteiger partial charge < -0.3 is 5.32 Å². The Balaban J connectivity index is 2.66. The van der Waals surface area contributed by atoms with Crippen molar-refractivity contribution in [2.75, 3.05) is 7.05 Å². The Labute approximate surface area is 116 Å². The first kappa shape index (κ1) is 13.3. The van der Waals surface area contributed by atoms with Gasteiger partial charge in [-0.3, -0.25) is 4.68 Å². The quantitative estimate of drug-likeness (QED) is 0.944. The number of aromatic nitrogens is 2. The summed E-state index contributed by atoms with van der Waals surface area (Å²) in [4.78, 5) is 0. The minimum absolute atomic E-state index is 0.818. The molecule has 96 valence electrons. The zero-order chi connectivity index (χ0) is 13.3. The summed E-state index contributed by atoms with van der Waals surface area (Å²) in [6.45, 7) is 5.02. The Morgan fingerprint density at radius 3 is 2.72 bits per heavy atom. The van der Waals surface area contributed by atoms with Gasteiger partial charge in [0.1, 0.15) is 0 Å². The lowest BCUT2D eigenvalue weighted by molar-refractivity contribution is 0.669. The Hall–Kier alpha value is -1.13. The van der Waals surface area contributed by atoms with Gasteiger partial charge in [0.25, 0.3) is 0 Å². The molecule has 1 aromatic heterocycles. The fourth-order valence-electron chi connectivity index (χ4n) is 2.29. The van der Waals surface area contributed by atoms with E-state index in [1.807, 2.05) is 18.8 Å². The molecule has 2 aromatic rings. The lowest BCUT2D eigenvalue weighted by Crippen LogP contribution is -2.10. The molecule has 0 bridgehead atoms. The van der Waals surface area contributed by atoms with Gasteiger partial charge in [-0.05, 0) is 44.2 Å². The van der Waals surface area contributed by atoms with E-state index in [1.165, 1.54) is 22.4 Å². The summed E-state index contributed by atoms with van der Waals surface area (Å²) in [7, 11) is 3.95. The van der Waals surface area contributed by atoms with Crippen LogP contribution in [0.4, 0.5) is 0 Å². The summed E-state index contributed by atoms with van der Waals surface area (Å²) >= 11 is 3.55. The van der Waals surface area contributed by atoms with Gasteiger partial charge in [0.15, 0.2) is 0 Å². The normalized spacial score (nSPS) is 10.9. The van der Waals surface area contributed by atoms with Gasteiger partial charge in [-0.15, -0.1) is 0 Å². The third-order valence-electron chi connectivity index (χ3n) is 3.15. The van der Waals surface area contributed by atoms with E-state index in [1.54, 1.807) is 0 Å². The first-order valence-electron chi connectivity index (χ1n) is 5.98. The minimum Gasteiger partial charge on any atom is -0.314 e. The standard InChI is InChI=1S/C14H18BrN3/c1-9-5-6-11(15)7-12(9)14-10(2)17-18(4)13(14)8-16-3/h5-7,16H,8H2,1-4H3. The molecule has 0 aliphatic carbocycles. The summed E-state index contributed by atoms with van der Waals surface area (Å²) in [5, 5.41) is 7.75. The second-order valence-corrected chi connectivity index (χ2v) is 5.44. The average molecular weight is 308 g/mol. The second kappa shape index (κ2) is 5.24. The van der Waals surface area contributed by atoms with Gasteiger partial charge in [-0.1, -0.05) is 22.0 Å². The molecule has 4 heteroatoms. The third kappa shape index (κ3) is 2.35. The van der Waals surface area contributed by atoms with Crippen LogP contribution in [0.25, 0.3) is 11.1 Å². The molecule has 0 saturated carbocycles. The lowest BCUT2D eigenvalue weighted by atomic mass is 9.98. The fraction of sp³-hybridized carbons (Fsp3) is 0.357. The molecule has 1 N–H and O–H groups in total. The maximum Gasteiger partial charge on any atom is 0.0675 e. The predicted molar refractivity (Wildman–Crippen MR) is 78.6 cm³/mol. The van der Waals surface area contributed by atoms with Crippen LogP contribution >= 0.6 is 15.9 Å². The van der Waals surface area contributed by atoms with Gasteiger partial charge in [0.05, 0.1) is 11.4 Å². The monoisotopic (exact) mass is 307 g/mol. The van der Waals surface area contributed by atoms with Gasteiger partial charge >= 0.3 is 0 Å². The maximum atomic E-state index is 4.54. The van der Waals surface area contributed by atoms with E-state index in [-0.39, 0.29) is 0 Å². The Morgan fingerprint density at radius 2 is 2.06 bits per heavy atom. The Kier molecular flexibility index (Phi) is 3.88. The number of benzene rings is 1. The summed E-state index contributed by atoms with van der Waals surface area (Å²) in [6, 6.07) is 6.37. The van der Waals surface area contributed by atoms with E-state index >= 15 is 0 Å². The van der Waals surface area contributed by atoms with Crippen molar-refractivity contribution in [2.24, 2.45) is 7.05 Å². The fourth-order valence-corrected chi connectivity index (χ4v) is 2.65. The number of rotatable bonds is 3. The van der Waals surface area contributed by atoms with E-state index in [4.69, 9.17) is 0 Å². The summed E-state index contributed by atoms with van der Waals surface area (Å²) in [5.74, 6) is 0. The molecule has 2 rings (SSSR count). The van der Waals surface area contributed by atoms with Crippen molar-refractivity contribution in [3.05, 3.63) is 39.6 Å². The van der Waals surface area contributed by atoms with E-state index < -0.39 is 0 Å². The average Bonchev–Trinajstić information content (AvgIpc) is 2.58. The Morgan fingerprint density at radius 1 is 1.33 bits per heavy atom. The van der Waals surface area contributed by atoms with E-state index in [9.17, 15) is 0 Å². The smallest absolute Gasteiger partial charge is 0.0675 e. The number of aryl methyl sites for hydroxylation is 3. The highest BCUT2D eigenvalue weighted by atomic mass is 79.9. The van der Waals surface area contributed by atoms with Crippen LogP contribution in [-0.4, -0.2) is 16.8 Å². The van der Waals surface area contributed by atoms with E-state index in [0.717, 1.165) is 16.7 Å². The molecule has 0 saturated heterocycles. The van der Waals surface area contributed by atoms with Crippen LogP contribution in [0.3, 0.4) is 0 Å². The number of nitrogens with zero attached hydrogens (tertiary/aromatic N) is 2. The van der Waals surface area contributed by atoms with Crippen LogP contribution < -0.4 is 5.32 Å². The van der Waals surface area contributed by atoms with Crippen molar-refractivity contribution in [3.63, 3.8) is 0 Å². The van der Waals surface area contributed by atoms with Crippen molar-refractivity contribution in [1.29, 1.82) is 0 Å². The Bertz CT molecular complexity index is 573. The first-order valence-corrected chi connectivity index (χ1v) is 6.77. The van der Waals surface area contributed by atoms with Gasteiger partial charge in [-0.25, -0.2) is 0 Å². The number of halogens is 1. The molecule has 0 radical (unpaired) electrons. The topological polar surface area (TPSA) is 29.9 Å². The van der Waals surface area contributed by atoms with Gasteiger partial charge in [-0.2, -0.15) is 5.10 Å². The highest BCUT2D eigenvalue weighted by Gasteiger charge is 2.16. The van der Waals surface area contributed by atoms with E-state index in [0.29, 0.717) is 0 Å². The highest BCUT2D eigenvalue weighted by molar-refractivity contribution is 9.10. The molecule has 0 aliphatic heterocycles. The lowest BCUT2D eigenvalue weighted by Gasteiger charge is -2.10. The summed E-state index contributed by atoms with van der Waals surface area (Å²) in [6.07, 6.45) is 0. The highest BCUT2D eigenvalue weighted by Crippen LogP contribution is 2.31. The summed E-state index contributed by atoms with van der Waals surface area (Å²) < 4.78 is 3.06. The van der Waals surface area contributed by atoms with Gasteiger partial charge in [0, 0.05) is 23.6 Å². The van der Waals surface area contributed by atoms with Gasteiger partial charge in [0.2, 0.25) is 0 Å². The maximum absolute atomic E-state index is 4.54. The molecule has 18 heavy (non-hydrogen) atoms. The van der Waals surface area contributed by atoms with E-state index in [2.05, 4.69) is 58.4 Å². The molecule has 1 heterocycles. The van der Waals surface area contributed by atoms with Crippen molar-refractivity contribution >= 4 is 15.9 Å². The first-order chi connectivity index (χ1) is 8.54. The van der Waals surface area contributed by atoms with Crippen molar-refractivity contribution in [3.8, 4) is 11.1 Å². The van der Waals surface area contributed by atoms with Crippen LogP contribution in [0.5, 0.6) is 0 Å². The zero-order valence-corrected chi connectivity index (χ0v) is 12.8. The molecule has 0 spiro atoms. The third-order valence-corrected chi connectivity index (χ3v) is 3.65.